The summed E-state index contributed by atoms with van der Waals surface area (Å²) in [4.78, 5) is 22.5. The second-order valence-corrected chi connectivity index (χ2v) is 5.15. The Morgan fingerprint density at radius 3 is 2.91 bits per heavy atom. The number of carbonyl (C=O) groups is 1. The summed E-state index contributed by atoms with van der Waals surface area (Å²) in [5.74, 6) is 1.75. The van der Waals surface area contributed by atoms with Gasteiger partial charge in [-0.1, -0.05) is 0 Å². The van der Waals surface area contributed by atoms with Crippen molar-refractivity contribution in [2.24, 2.45) is 0 Å². The van der Waals surface area contributed by atoms with E-state index in [1.165, 1.54) is 31.7 Å². The SMILES string of the molecule is O=C(/C=C/c1ccco1)Nc1cc(N2CCCCC2)ncn1. The summed E-state index contributed by atoms with van der Waals surface area (Å²) in [6.45, 7) is 2.01. The first-order valence-corrected chi connectivity index (χ1v) is 7.41. The topological polar surface area (TPSA) is 71.3 Å². The summed E-state index contributed by atoms with van der Waals surface area (Å²) < 4.78 is 5.13. The molecule has 0 radical (unpaired) electrons. The van der Waals surface area contributed by atoms with Crippen LogP contribution in [0.15, 0.2) is 41.3 Å². The van der Waals surface area contributed by atoms with Crippen LogP contribution in [-0.4, -0.2) is 29.0 Å². The highest BCUT2D eigenvalue weighted by Gasteiger charge is 2.13. The van der Waals surface area contributed by atoms with Crippen LogP contribution in [0.3, 0.4) is 0 Å². The third-order valence-electron chi connectivity index (χ3n) is 3.53. The fourth-order valence-electron chi connectivity index (χ4n) is 2.42. The van der Waals surface area contributed by atoms with Gasteiger partial charge in [0.05, 0.1) is 6.26 Å². The molecule has 0 aliphatic carbocycles. The van der Waals surface area contributed by atoms with Crippen molar-refractivity contribution in [1.29, 1.82) is 0 Å². The lowest BCUT2D eigenvalue weighted by Gasteiger charge is -2.27. The molecule has 2 aromatic rings. The van der Waals surface area contributed by atoms with Gasteiger partial charge in [-0.15, -0.1) is 0 Å². The van der Waals surface area contributed by atoms with Crippen LogP contribution in [0.25, 0.3) is 6.08 Å². The van der Waals surface area contributed by atoms with Crippen LogP contribution in [0.5, 0.6) is 0 Å². The van der Waals surface area contributed by atoms with Crippen molar-refractivity contribution in [3.05, 3.63) is 42.6 Å². The second-order valence-electron chi connectivity index (χ2n) is 5.15. The van der Waals surface area contributed by atoms with Gasteiger partial charge in [0, 0.05) is 25.2 Å². The van der Waals surface area contributed by atoms with Crippen molar-refractivity contribution in [3.8, 4) is 0 Å². The van der Waals surface area contributed by atoms with Gasteiger partial charge in [-0.05, 0) is 37.5 Å². The summed E-state index contributed by atoms with van der Waals surface area (Å²) in [5, 5.41) is 2.74. The number of aromatic nitrogens is 2. The quantitative estimate of drug-likeness (QED) is 0.879. The maximum atomic E-state index is 11.9. The predicted octanol–water partition coefficient (Wildman–Crippen LogP) is 2.71. The number of hydrogen-bond acceptors (Lipinski definition) is 5. The van der Waals surface area contributed by atoms with Gasteiger partial charge in [0.15, 0.2) is 0 Å². The van der Waals surface area contributed by atoms with Crippen LogP contribution in [0.2, 0.25) is 0 Å². The molecule has 1 amide bonds. The van der Waals surface area contributed by atoms with E-state index >= 15 is 0 Å². The third kappa shape index (κ3) is 3.72. The van der Waals surface area contributed by atoms with Gasteiger partial charge in [-0.3, -0.25) is 4.79 Å². The molecule has 22 heavy (non-hydrogen) atoms. The van der Waals surface area contributed by atoms with Crippen LogP contribution in [-0.2, 0) is 4.79 Å². The van der Waals surface area contributed by atoms with E-state index in [0.717, 1.165) is 18.9 Å². The number of hydrogen-bond donors (Lipinski definition) is 1. The fraction of sp³-hybridized carbons (Fsp3) is 0.312. The Morgan fingerprint density at radius 1 is 1.27 bits per heavy atom. The summed E-state index contributed by atoms with van der Waals surface area (Å²) >= 11 is 0. The Morgan fingerprint density at radius 2 is 2.14 bits per heavy atom. The summed E-state index contributed by atoms with van der Waals surface area (Å²) in [7, 11) is 0. The van der Waals surface area contributed by atoms with Crippen LogP contribution >= 0.6 is 0 Å². The lowest BCUT2D eigenvalue weighted by atomic mass is 10.1. The first-order chi connectivity index (χ1) is 10.8. The first-order valence-electron chi connectivity index (χ1n) is 7.41. The molecule has 0 aromatic carbocycles. The summed E-state index contributed by atoms with van der Waals surface area (Å²) in [5.41, 5.74) is 0. The Kier molecular flexibility index (Phi) is 4.48. The van der Waals surface area contributed by atoms with Crippen molar-refractivity contribution in [2.45, 2.75) is 19.3 Å². The molecule has 6 nitrogen and oxygen atoms in total. The van der Waals surface area contributed by atoms with Gasteiger partial charge in [-0.2, -0.15) is 0 Å². The van der Waals surface area contributed by atoms with Crippen molar-refractivity contribution in [1.82, 2.24) is 9.97 Å². The normalized spacial score (nSPS) is 15.2. The first kappa shape index (κ1) is 14.3. The lowest BCUT2D eigenvalue weighted by Crippen LogP contribution is -2.30. The van der Waals surface area contributed by atoms with E-state index < -0.39 is 0 Å². The van der Waals surface area contributed by atoms with Gasteiger partial charge in [-0.25, -0.2) is 9.97 Å². The maximum absolute atomic E-state index is 11.9. The minimum atomic E-state index is -0.250. The monoisotopic (exact) mass is 298 g/mol. The largest absolute Gasteiger partial charge is 0.465 e. The number of rotatable bonds is 4. The average Bonchev–Trinajstić information content (AvgIpc) is 3.08. The Bertz CT molecular complexity index is 646. The Hall–Kier alpha value is -2.63. The number of piperidine rings is 1. The van der Waals surface area contributed by atoms with Gasteiger partial charge >= 0.3 is 0 Å². The van der Waals surface area contributed by atoms with Crippen LogP contribution in [0.1, 0.15) is 25.0 Å². The third-order valence-corrected chi connectivity index (χ3v) is 3.53. The van der Waals surface area contributed by atoms with E-state index in [0.29, 0.717) is 11.6 Å². The second kappa shape index (κ2) is 6.89. The highest BCUT2D eigenvalue weighted by Crippen LogP contribution is 2.19. The molecule has 1 saturated heterocycles. The molecule has 3 rings (SSSR count). The molecule has 1 fully saturated rings. The minimum absolute atomic E-state index is 0.250. The molecule has 1 aliphatic heterocycles. The summed E-state index contributed by atoms with van der Waals surface area (Å²) in [6.07, 6.45) is 9.70. The molecular formula is C16H18N4O2. The van der Waals surface area contributed by atoms with Gasteiger partial charge < -0.3 is 14.6 Å². The van der Waals surface area contributed by atoms with E-state index in [-0.39, 0.29) is 5.91 Å². The van der Waals surface area contributed by atoms with Gasteiger partial charge in [0.1, 0.15) is 23.7 Å². The zero-order valence-electron chi connectivity index (χ0n) is 12.2. The standard InChI is InChI=1S/C16H18N4O2/c21-16(7-6-13-5-4-10-22-13)19-14-11-15(18-12-17-14)20-8-2-1-3-9-20/h4-7,10-12H,1-3,8-9H2,(H,17,18,19,21)/b7-6+. The van der Waals surface area contributed by atoms with Gasteiger partial charge in [0.2, 0.25) is 5.91 Å². The molecule has 0 unspecified atom stereocenters. The highest BCUT2D eigenvalue weighted by molar-refractivity contribution is 6.01. The molecule has 3 heterocycles. The Labute approximate surface area is 128 Å². The smallest absolute Gasteiger partial charge is 0.249 e. The number of carbonyl (C=O) groups excluding carboxylic acids is 1. The molecule has 0 atom stereocenters. The van der Waals surface area contributed by atoms with Crippen molar-refractivity contribution in [2.75, 3.05) is 23.3 Å². The van der Waals surface area contributed by atoms with E-state index in [1.54, 1.807) is 24.5 Å². The van der Waals surface area contributed by atoms with E-state index in [1.807, 2.05) is 6.07 Å². The summed E-state index contributed by atoms with van der Waals surface area (Å²) in [6, 6.07) is 5.36. The molecule has 1 aliphatic rings. The molecule has 114 valence electrons. The Balaban J connectivity index is 1.63. The van der Waals surface area contributed by atoms with Gasteiger partial charge in [0.25, 0.3) is 0 Å². The molecule has 1 N–H and O–H groups in total. The van der Waals surface area contributed by atoms with Crippen LogP contribution in [0.4, 0.5) is 11.6 Å². The fourth-order valence-corrected chi connectivity index (χ4v) is 2.42. The van der Waals surface area contributed by atoms with Crippen molar-refractivity contribution >= 4 is 23.6 Å². The van der Waals surface area contributed by atoms with E-state index in [4.69, 9.17) is 4.42 Å². The molecule has 2 aromatic heterocycles. The number of nitrogens with one attached hydrogen (secondary N) is 1. The molecular weight excluding hydrogens is 280 g/mol. The minimum Gasteiger partial charge on any atom is -0.465 e. The number of amides is 1. The molecule has 0 spiro atoms. The van der Waals surface area contributed by atoms with Crippen molar-refractivity contribution in [3.63, 3.8) is 0 Å². The molecule has 0 bridgehead atoms. The number of nitrogens with zero attached hydrogens (tertiary/aromatic N) is 3. The molecule has 0 saturated carbocycles. The zero-order valence-corrected chi connectivity index (χ0v) is 12.2. The number of furan rings is 1. The van der Waals surface area contributed by atoms with Crippen LogP contribution < -0.4 is 10.2 Å². The lowest BCUT2D eigenvalue weighted by molar-refractivity contribution is -0.111. The van der Waals surface area contributed by atoms with E-state index in [2.05, 4.69) is 20.2 Å². The predicted molar refractivity (Wildman–Crippen MR) is 84.5 cm³/mol. The van der Waals surface area contributed by atoms with E-state index in [9.17, 15) is 4.79 Å². The maximum Gasteiger partial charge on any atom is 0.249 e. The average molecular weight is 298 g/mol. The highest BCUT2D eigenvalue weighted by atomic mass is 16.3. The zero-order chi connectivity index (χ0) is 15.2. The number of anilines is 2. The molecule has 6 heteroatoms. The van der Waals surface area contributed by atoms with Crippen LogP contribution in [0, 0.1) is 0 Å². The van der Waals surface area contributed by atoms with Crippen molar-refractivity contribution < 1.29 is 9.21 Å².